The summed E-state index contributed by atoms with van der Waals surface area (Å²) in [6.07, 6.45) is 0.986. The Hall–Kier alpha value is -2.31. The number of benzene rings is 2. The zero-order valence-corrected chi connectivity index (χ0v) is 15.8. The molecule has 26 heavy (non-hydrogen) atoms. The number of hydrogen-bond donors (Lipinski definition) is 0. The summed E-state index contributed by atoms with van der Waals surface area (Å²) in [6.45, 7) is 1.18. The van der Waals surface area contributed by atoms with Gasteiger partial charge in [-0.3, -0.25) is 4.79 Å². The number of nitrogens with zero attached hydrogens (tertiary/aromatic N) is 2. The van der Waals surface area contributed by atoms with Crippen LogP contribution in [0, 0.1) is 0 Å². The second-order valence-electron chi connectivity index (χ2n) is 5.92. The third-order valence-corrected chi connectivity index (χ3v) is 5.94. The summed E-state index contributed by atoms with van der Waals surface area (Å²) >= 11 is 3.36. The van der Waals surface area contributed by atoms with Crippen LogP contribution < -0.4 is 9.64 Å². The SMILES string of the molecule is O=C(c1ccc(OCc2cscn2)cc1)N1CCCSc2ccccc21. The first-order valence-corrected chi connectivity index (χ1v) is 10.4. The molecule has 0 N–H and O–H groups in total. The van der Waals surface area contributed by atoms with Crippen molar-refractivity contribution in [1.29, 1.82) is 0 Å². The van der Waals surface area contributed by atoms with Gasteiger partial charge in [0.25, 0.3) is 5.91 Å². The molecule has 132 valence electrons. The number of carbonyl (C=O) groups is 1. The van der Waals surface area contributed by atoms with Crippen LogP contribution in [0.3, 0.4) is 0 Å². The first-order valence-electron chi connectivity index (χ1n) is 8.45. The highest BCUT2D eigenvalue weighted by atomic mass is 32.2. The number of rotatable bonds is 4. The summed E-state index contributed by atoms with van der Waals surface area (Å²) in [5.41, 5.74) is 4.38. The van der Waals surface area contributed by atoms with E-state index in [1.807, 2.05) is 64.5 Å². The van der Waals surface area contributed by atoms with Crippen LogP contribution in [0.2, 0.25) is 0 Å². The molecule has 0 saturated carbocycles. The van der Waals surface area contributed by atoms with Crippen molar-refractivity contribution in [1.82, 2.24) is 4.98 Å². The number of amides is 1. The fourth-order valence-corrected chi connectivity index (χ4v) is 4.39. The van der Waals surface area contributed by atoms with Crippen molar-refractivity contribution >= 4 is 34.7 Å². The number of anilines is 1. The Morgan fingerprint density at radius 1 is 1.15 bits per heavy atom. The monoisotopic (exact) mass is 382 g/mol. The van der Waals surface area contributed by atoms with Crippen LogP contribution in [-0.2, 0) is 6.61 Å². The summed E-state index contributed by atoms with van der Waals surface area (Å²) in [6, 6.07) is 15.5. The molecule has 4 nitrogen and oxygen atoms in total. The zero-order valence-electron chi connectivity index (χ0n) is 14.1. The minimum Gasteiger partial charge on any atom is -0.487 e. The molecule has 0 fully saturated rings. The Kier molecular flexibility index (Phi) is 5.22. The van der Waals surface area contributed by atoms with Gasteiger partial charge in [0.15, 0.2) is 0 Å². The molecule has 0 saturated heterocycles. The second-order valence-corrected chi connectivity index (χ2v) is 7.77. The molecule has 4 rings (SSSR count). The molecular formula is C20H18N2O2S2. The minimum absolute atomic E-state index is 0.0333. The molecule has 0 aliphatic carbocycles. The molecule has 0 radical (unpaired) electrons. The first-order chi connectivity index (χ1) is 12.8. The van der Waals surface area contributed by atoms with Crippen LogP contribution in [-0.4, -0.2) is 23.2 Å². The maximum absolute atomic E-state index is 13.0. The van der Waals surface area contributed by atoms with Crippen LogP contribution in [0.1, 0.15) is 22.5 Å². The maximum Gasteiger partial charge on any atom is 0.258 e. The average Bonchev–Trinajstić information content (AvgIpc) is 3.12. The van der Waals surface area contributed by atoms with Gasteiger partial charge >= 0.3 is 0 Å². The van der Waals surface area contributed by atoms with Crippen LogP contribution in [0.15, 0.2) is 64.3 Å². The third-order valence-electron chi connectivity index (χ3n) is 4.16. The minimum atomic E-state index is 0.0333. The van der Waals surface area contributed by atoms with E-state index in [4.69, 9.17) is 4.74 Å². The van der Waals surface area contributed by atoms with Crippen molar-refractivity contribution in [3.63, 3.8) is 0 Å². The highest BCUT2D eigenvalue weighted by molar-refractivity contribution is 7.99. The van der Waals surface area contributed by atoms with E-state index >= 15 is 0 Å². The molecule has 1 amide bonds. The van der Waals surface area contributed by atoms with Crippen LogP contribution in [0.4, 0.5) is 5.69 Å². The van der Waals surface area contributed by atoms with E-state index in [9.17, 15) is 4.79 Å². The van der Waals surface area contributed by atoms with Gasteiger partial charge in [0.05, 0.1) is 16.9 Å². The Morgan fingerprint density at radius 3 is 2.81 bits per heavy atom. The second kappa shape index (κ2) is 7.93. The van der Waals surface area contributed by atoms with Gasteiger partial charge in [-0.25, -0.2) is 4.98 Å². The summed E-state index contributed by atoms with van der Waals surface area (Å²) < 4.78 is 5.72. The standard InChI is InChI=1S/C20H18N2O2S2/c23-20(22-10-3-11-26-19-5-2-1-4-18(19)22)15-6-8-17(9-7-15)24-12-16-13-25-14-21-16/h1-2,4-9,13-14H,3,10-12H2. The number of fused-ring (bicyclic) bond motifs is 1. The highest BCUT2D eigenvalue weighted by Gasteiger charge is 2.22. The normalized spacial score (nSPS) is 13.8. The lowest BCUT2D eigenvalue weighted by molar-refractivity contribution is 0.0986. The summed E-state index contributed by atoms with van der Waals surface area (Å²) in [4.78, 5) is 20.3. The molecule has 2 heterocycles. The summed E-state index contributed by atoms with van der Waals surface area (Å²) in [7, 11) is 0. The number of ether oxygens (including phenoxy) is 1. The van der Waals surface area contributed by atoms with Crippen LogP contribution >= 0.6 is 23.1 Å². The zero-order chi connectivity index (χ0) is 17.8. The molecule has 6 heteroatoms. The van der Waals surface area contributed by atoms with E-state index in [0.29, 0.717) is 12.2 Å². The Balaban J connectivity index is 1.49. The lowest BCUT2D eigenvalue weighted by atomic mass is 10.1. The van der Waals surface area contributed by atoms with Gasteiger partial charge < -0.3 is 9.64 Å². The molecule has 3 aromatic rings. The summed E-state index contributed by atoms with van der Waals surface area (Å²) in [5.74, 6) is 1.80. The molecule has 1 aromatic heterocycles. The Labute approximate surface area is 160 Å². The van der Waals surface area contributed by atoms with Crippen molar-refractivity contribution in [3.8, 4) is 5.75 Å². The number of para-hydroxylation sites is 1. The Bertz CT molecular complexity index is 879. The van der Waals surface area contributed by atoms with Gasteiger partial charge in [0, 0.05) is 22.4 Å². The van der Waals surface area contributed by atoms with Crippen molar-refractivity contribution < 1.29 is 9.53 Å². The topological polar surface area (TPSA) is 42.4 Å². The fraction of sp³-hybridized carbons (Fsp3) is 0.200. The van der Waals surface area contributed by atoms with Gasteiger partial charge in [0.1, 0.15) is 12.4 Å². The molecule has 0 spiro atoms. The van der Waals surface area contributed by atoms with Crippen molar-refractivity contribution in [2.24, 2.45) is 0 Å². The van der Waals surface area contributed by atoms with E-state index in [0.717, 1.165) is 35.8 Å². The lowest BCUT2D eigenvalue weighted by Gasteiger charge is -2.22. The van der Waals surface area contributed by atoms with Gasteiger partial charge in [-0.1, -0.05) is 12.1 Å². The number of thiazole rings is 1. The largest absolute Gasteiger partial charge is 0.487 e. The quantitative estimate of drug-likeness (QED) is 0.646. The van der Waals surface area contributed by atoms with Gasteiger partial charge in [0.2, 0.25) is 0 Å². The molecule has 1 aliphatic rings. The number of carbonyl (C=O) groups excluding carboxylic acids is 1. The first kappa shape index (κ1) is 17.1. The maximum atomic E-state index is 13.0. The Morgan fingerprint density at radius 2 is 2.00 bits per heavy atom. The molecule has 2 aromatic carbocycles. The van der Waals surface area contributed by atoms with Crippen LogP contribution in [0.25, 0.3) is 0 Å². The van der Waals surface area contributed by atoms with E-state index < -0.39 is 0 Å². The van der Waals surface area contributed by atoms with Crippen molar-refractivity contribution in [3.05, 3.63) is 70.7 Å². The van der Waals surface area contributed by atoms with E-state index in [-0.39, 0.29) is 5.91 Å². The lowest BCUT2D eigenvalue weighted by Crippen LogP contribution is -2.31. The average molecular weight is 383 g/mol. The number of aromatic nitrogens is 1. The van der Waals surface area contributed by atoms with Crippen molar-refractivity contribution in [2.45, 2.75) is 17.9 Å². The third kappa shape index (κ3) is 3.76. The highest BCUT2D eigenvalue weighted by Crippen LogP contribution is 2.34. The van der Waals surface area contributed by atoms with Gasteiger partial charge in [-0.15, -0.1) is 23.1 Å². The van der Waals surface area contributed by atoms with E-state index in [1.54, 1.807) is 16.8 Å². The smallest absolute Gasteiger partial charge is 0.258 e. The molecule has 0 atom stereocenters. The van der Waals surface area contributed by atoms with Gasteiger partial charge in [-0.2, -0.15) is 0 Å². The molecule has 0 unspecified atom stereocenters. The summed E-state index contributed by atoms with van der Waals surface area (Å²) in [5, 5.41) is 1.96. The van der Waals surface area contributed by atoms with Crippen molar-refractivity contribution in [2.75, 3.05) is 17.2 Å². The van der Waals surface area contributed by atoms with E-state index in [1.165, 1.54) is 4.90 Å². The van der Waals surface area contributed by atoms with Crippen LogP contribution in [0.5, 0.6) is 5.75 Å². The van der Waals surface area contributed by atoms with E-state index in [2.05, 4.69) is 11.1 Å². The fourth-order valence-electron chi connectivity index (χ4n) is 2.85. The predicted octanol–water partition coefficient (Wildman–Crippen LogP) is 4.86. The number of thioether (sulfide) groups is 1. The molecule has 1 aliphatic heterocycles. The molecule has 0 bridgehead atoms. The predicted molar refractivity (Wildman–Crippen MR) is 106 cm³/mol. The van der Waals surface area contributed by atoms with Gasteiger partial charge in [-0.05, 0) is 48.6 Å². The molecular weight excluding hydrogens is 364 g/mol. The number of hydrogen-bond acceptors (Lipinski definition) is 5.